The van der Waals surface area contributed by atoms with Crippen LogP contribution in [-0.4, -0.2) is 50.0 Å². The number of nitrogens with one attached hydrogen (secondary N) is 1. The van der Waals surface area contributed by atoms with Gasteiger partial charge in [0.25, 0.3) is 5.91 Å². The topological polar surface area (TPSA) is 132 Å². The second kappa shape index (κ2) is 9.42. The van der Waals surface area contributed by atoms with Gasteiger partial charge in [-0.3, -0.25) is 4.79 Å². The molecular weight excluding hydrogens is 400 g/mol. The summed E-state index contributed by atoms with van der Waals surface area (Å²) in [6.07, 6.45) is 1.43. The summed E-state index contributed by atoms with van der Waals surface area (Å²) in [5, 5.41) is 24.8. The summed E-state index contributed by atoms with van der Waals surface area (Å²) in [6, 6.07) is 13.6. The second-order valence-corrected chi connectivity index (χ2v) is 6.08. The molecule has 29 heavy (non-hydrogen) atoms. The van der Waals surface area contributed by atoms with Gasteiger partial charge in [0.2, 0.25) is 5.82 Å². The van der Waals surface area contributed by atoms with Gasteiger partial charge in [0.05, 0.1) is 11.2 Å². The highest BCUT2D eigenvalue weighted by atomic mass is 35.5. The molecule has 0 aliphatic rings. The van der Waals surface area contributed by atoms with Crippen LogP contribution >= 0.6 is 11.6 Å². The van der Waals surface area contributed by atoms with Crippen molar-refractivity contribution in [2.45, 2.75) is 6.54 Å². The van der Waals surface area contributed by atoms with E-state index in [1.54, 1.807) is 48.5 Å². The number of hydrogen-bond acceptors (Lipinski definition) is 7. The molecule has 2 aromatic carbocycles. The number of tetrazole rings is 1. The number of ether oxygens (including phenoxy) is 1. The van der Waals surface area contributed by atoms with E-state index in [1.807, 2.05) is 0 Å². The van der Waals surface area contributed by atoms with E-state index in [0.717, 1.165) is 4.80 Å². The van der Waals surface area contributed by atoms with Gasteiger partial charge in [-0.2, -0.15) is 9.90 Å². The summed E-state index contributed by atoms with van der Waals surface area (Å²) in [7, 11) is 0. The van der Waals surface area contributed by atoms with Gasteiger partial charge in [-0.15, -0.1) is 10.2 Å². The molecule has 0 fully saturated rings. The van der Waals surface area contributed by atoms with Crippen LogP contribution in [0.2, 0.25) is 5.02 Å². The van der Waals surface area contributed by atoms with Crippen LogP contribution in [0.15, 0.2) is 53.6 Å². The molecule has 0 unspecified atom stereocenters. The van der Waals surface area contributed by atoms with Crippen molar-refractivity contribution in [2.24, 2.45) is 5.10 Å². The van der Waals surface area contributed by atoms with Crippen LogP contribution in [0.4, 0.5) is 0 Å². The fourth-order valence-electron chi connectivity index (χ4n) is 2.20. The fraction of sp³-hybridized carbons (Fsp3) is 0.111. The van der Waals surface area contributed by atoms with Crippen LogP contribution in [0.1, 0.15) is 5.56 Å². The molecule has 0 spiro atoms. The number of hydrogen-bond donors (Lipinski definition) is 2. The van der Waals surface area contributed by atoms with Gasteiger partial charge in [0, 0.05) is 5.56 Å². The SMILES string of the molecule is O=C(O)COc1ccc(C=NNC(=O)Cn2nnc(-c3ccccc3Cl)n2)cc1. The standard InChI is InChI=1S/C18H15ClN6O4/c19-15-4-2-1-3-14(15)18-22-24-25(23-18)10-16(26)21-20-9-12-5-7-13(8-6-12)29-11-17(27)28/h1-9H,10-11H2,(H,21,26)(H,27,28). The van der Waals surface area contributed by atoms with Crippen LogP contribution in [0.3, 0.4) is 0 Å². The maximum atomic E-state index is 12.0. The fourth-order valence-corrected chi connectivity index (χ4v) is 2.42. The zero-order valence-corrected chi connectivity index (χ0v) is 15.7. The van der Waals surface area contributed by atoms with E-state index in [2.05, 4.69) is 25.9 Å². The first-order valence-electron chi connectivity index (χ1n) is 8.30. The highest BCUT2D eigenvalue weighted by Crippen LogP contribution is 2.23. The molecule has 148 valence electrons. The van der Waals surface area contributed by atoms with Gasteiger partial charge >= 0.3 is 5.97 Å². The van der Waals surface area contributed by atoms with Crippen molar-refractivity contribution in [1.29, 1.82) is 0 Å². The summed E-state index contributed by atoms with van der Waals surface area (Å²) in [5.74, 6) is -0.762. The molecule has 0 aliphatic heterocycles. The quantitative estimate of drug-likeness (QED) is 0.422. The number of halogens is 1. The Balaban J connectivity index is 1.51. The lowest BCUT2D eigenvalue weighted by Gasteiger charge is -2.02. The van der Waals surface area contributed by atoms with E-state index in [4.69, 9.17) is 21.4 Å². The van der Waals surface area contributed by atoms with Crippen LogP contribution < -0.4 is 10.2 Å². The Morgan fingerprint density at radius 1 is 1.21 bits per heavy atom. The van der Waals surface area contributed by atoms with Gasteiger partial charge in [-0.05, 0) is 47.2 Å². The van der Waals surface area contributed by atoms with E-state index in [-0.39, 0.29) is 6.54 Å². The monoisotopic (exact) mass is 414 g/mol. The molecule has 0 saturated heterocycles. The van der Waals surface area contributed by atoms with Gasteiger partial charge in [0.15, 0.2) is 6.61 Å². The second-order valence-electron chi connectivity index (χ2n) is 5.67. The Hall–Kier alpha value is -3.79. The maximum absolute atomic E-state index is 12.0. The summed E-state index contributed by atoms with van der Waals surface area (Å²) in [6.45, 7) is -0.589. The molecular formula is C18H15ClN6O4. The minimum absolute atomic E-state index is 0.170. The number of hydrazone groups is 1. The molecule has 0 bridgehead atoms. The number of aliphatic carboxylic acids is 1. The zero-order valence-electron chi connectivity index (χ0n) is 14.9. The van der Waals surface area contributed by atoms with E-state index >= 15 is 0 Å². The predicted octanol–water partition coefficient (Wildman–Crippen LogP) is 1.61. The average Bonchev–Trinajstić information content (AvgIpc) is 3.15. The molecule has 0 atom stereocenters. The van der Waals surface area contributed by atoms with E-state index in [0.29, 0.717) is 27.7 Å². The summed E-state index contributed by atoms with van der Waals surface area (Å²) in [5.41, 5.74) is 3.67. The first-order chi connectivity index (χ1) is 14.0. The zero-order chi connectivity index (χ0) is 20.6. The number of rotatable bonds is 8. The first-order valence-corrected chi connectivity index (χ1v) is 8.68. The van der Waals surface area contributed by atoms with Gasteiger partial charge < -0.3 is 9.84 Å². The number of carbonyl (C=O) groups excluding carboxylic acids is 1. The number of nitrogens with zero attached hydrogens (tertiary/aromatic N) is 5. The summed E-state index contributed by atoms with van der Waals surface area (Å²) >= 11 is 6.09. The number of amides is 1. The van der Waals surface area contributed by atoms with Crippen LogP contribution in [0.5, 0.6) is 5.75 Å². The molecule has 0 saturated carbocycles. The minimum Gasteiger partial charge on any atom is -0.482 e. The van der Waals surface area contributed by atoms with Crippen molar-refractivity contribution in [2.75, 3.05) is 6.61 Å². The lowest BCUT2D eigenvalue weighted by atomic mass is 10.2. The first kappa shape index (κ1) is 20.0. The largest absolute Gasteiger partial charge is 0.482 e. The molecule has 1 heterocycles. The molecule has 1 amide bonds. The molecule has 2 N–H and O–H groups in total. The van der Waals surface area contributed by atoms with Crippen molar-refractivity contribution >= 4 is 29.7 Å². The molecule has 3 aromatic rings. The highest BCUT2D eigenvalue weighted by Gasteiger charge is 2.11. The molecule has 3 rings (SSSR count). The normalized spacial score (nSPS) is 10.8. The number of carbonyl (C=O) groups is 2. The maximum Gasteiger partial charge on any atom is 0.341 e. The third-order valence-corrected chi connectivity index (χ3v) is 3.83. The van der Waals surface area contributed by atoms with Gasteiger partial charge in [0.1, 0.15) is 12.3 Å². The van der Waals surface area contributed by atoms with Gasteiger partial charge in [-0.25, -0.2) is 10.2 Å². The van der Waals surface area contributed by atoms with Crippen molar-refractivity contribution in [1.82, 2.24) is 25.6 Å². The Morgan fingerprint density at radius 3 is 2.69 bits per heavy atom. The van der Waals surface area contributed by atoms with Crippen molar-refractivity contribution < 1.29 is 19.4 Å². The van der Waals surface area contributed by atoms with Crippen LogP contribution in [-0.2, 0) is 16.1 Å². The van der Waals surface area contributed by atoms with E-state index in [9.17, 15) is 9.59 Å². The summed E-state index contributed by atoms with van der Waals surface area (Å²) in [4.78, 5) is 23.6. The molecule has 0 radical (unpaired) electrons. The molecule has 1 aromatic heterocycles. The Labute approximate surface area is 169 Å². The molecule has 10 nitrogen and oxygen atoms in total. The smallest absolute Gasteiger partial charge is 0.341 e. The van der Waals surface area contributed by atoms with Crippen molar-refractivity contribution in [3.8, 4) is 17.1 Å². The summed E-state index contributed by atoms with van der Waals surface area (Å²) < 4.78 is 5.03. The highest BCUT2D eigenvalue weighted by molar-refractivity contribution is 6.33. The van der Waals surface area contributed by atoms with E-state index in [1.165, 1.54) is 6.21 Å². The average molecular weight is 415 g/mol. The van der Waals surface area contributed by atoms with E-state index < -0.39 is 18.5 Å². The van der Waals surface area contributed by atoms with Crippen LogP contribution in [0.25, 0.3) is 11.4 Å². The van der Waals surface area contributed by atoms with Crippen molar-refractivity contribution in [3.05, 3.63) is 59.1 Å². The third-order valence-electron chi connectivity index (χ3n) is 3.50. The number of aromatic nitrogens is 4. The number of benzene rings is 2. The van der Waals surface area contributed by atoms with Crippen molar-refractivity contribution in [3.63, 3.8) is 0 Å². The third kappa shape index (κ3) is 5.84. The number of carboxylic acid groups (broad SMARTS) is 1. The Morgan fingerprint density at radius 2 is 1.97 bits per heavy atom. The van der Waals surface area contributed by atoms with Crippen LogP contribution in [0, 0.1) is 0 Å². The minimum atomic E-state index is -1.06. The Kier molecular flexibility index (Phi) is 6.48. The van der Waals surface area contributed by atoms with Gasteiger partial charge in [-0.1, -0.05) is 23.7 Å². The Bertz CT molecular complexity index is 1030. The number of carboxylic acids is 1. The molecule has 0 aliphatic carbocycles. The lowest BCUT2D eigenvalue weighted by Crippen LogP contribution is -2.24. The predicted molar refractivity (Wildman–Crippen MR) is 104 cm³/mol. The lowest BCUT2D eigenvalue weighted by molar-refractivity contribution is -0.139. The molecule has 11 heteroatoms.